The number of rotatable bonds is 7. The van der Waals surface area contributed by atoms with E-state index in [-0.39, 0.29) is 29.6 Å². The molecule has 0 aliphatic carbocycles. The molecule has 3 N–H and O–H groups in total. The Labute approximate surface area is 210 Å². The van der Waals surface area contributed by atoms with Crippen LogP contribution in [0.2, 0.25) is 0 Å². The number of amides is 3. The minimum Gasteiger partial charge on any atom is -0.497 e. The highest BCUT2D eigenvalue weighted by molar-refractivity contribution is 5.96. The predicted molar refractivity (Wildman–Crippen MR) is 135 cm³/mol. The average Bonchev–Trinajstić information content (AvgIpc) is 2.92. The number of aromatic nitrogens is 1. The second kappa shape index (κ2) is 11.3. The van der Waals surface area contributed by atoms with E-state index in [0.717, 1.165) is 25.2 Å². The number of carbonyl (C=O) groups excluding carboxylic acids is 3. The van der Waals surface area contributed by atoms with Gasteiger partial charge in [0.1, 0.15) is 17.3 Å². The molecule has 0 bridgehead atoms. The number of methoxy groups -OCH3 is 2. The average molecular weight is 496 g/mol. The van der Waals surface area contributed by atoms with Crippen LogP contribution in [0.25, 0.3) is 0 Å². The fourth-order valence-corrected chi connectivity index (χ4v) is 4.77. The summed E-state index contributed by atoms with van der Waals surface area (Å²) in [7, 11) is 3.09. The highest BCUT2D eigenvalue weighted by atomic mass is 16.5. The highest BCUT2D eigenvalue weighted by Gasteiger charge is 2.29. The molecule has 3 heterocycles. The molecule has 2 aliphatic rings. The van der Waals surface area contributed by atoms with Crippen molar-refractivity contribution >= 4 is 29.2 Å². The number of primary amides is 1. The number of nitrogens with two attached hydrogens (primary N) is 1. The number of hydrogen-bond donors (Lipinski definition) is 2. The van der Waals surface area contributed by atoms with E-state index < -0.39 is 0 Å². The summed E-state index contributed by atoms with van der Waals surface area (Å²) in [4.78, 5) is 45.7. The van der Waals surface area contributed by atoms with Crippen molar-refractivity contribution in [2.75, 3.05) is 50.6 Å². The van der Waals surface area contributed by atoms with Gasteiger partial charge in [0.05, 0.1) is 32.0 Å². The normalized spacial score (nSPS) is 18.4. The summed E-state index contributed by atoms with van der Waals surface area (Å²) >= 11 is 0. The first-order valence-electron chi connectivity index (χ1n) is 12.2. The van der Waals surface area contributed by atoms with E-state index in [1.54, 1.807) is 43.5 Å². The first kappa shape index (κ1) is 25.3. The smallest absolute Gasteiger partial charge is 0.254 e. The molecule has 10 heteroatoms. The van der Waals surface area contributed by atoms with Crippen LogP contribution in [0.3, 0.4) is 0 Å². The van der Waals surface area contributed by atoms with Gasteiger partial charge in [0.2, 0.25) is 11.8 Å². The molecule has 3 amide bonds. The van der Waals surface area contributed by atoms with Gasteiger partial charge in [-0.25, -0.2) is 4.98 Å². The maximum Gasteiger partial charge on any atom is 0.254 e. The van der Waals surface area contributed by atoms with Gasteiger partial charge in [0.15, 0.2) is 0 Å². The first-order chi connectivity index (χ1) is 17.4. The maximum atomic E-state index is 13.0. The van der Waals surface area contributed by atoms with Gasteiger partial charge in [0.25, 0.3) is 5.91 Å². The zero-order chi connectivity index (χ0) is 25.7. The van der Waals surface area contributed by atoms with Crippen LogP contribution in [0.1, 0.15) is 36.0 Å². The number of anilines is 2. The molecule has 0 saturated carbocycles. The fraction of sp³-hybridized carbons (Fsp3) is 0.462. The van der Waals surface area contributed by atoms with E-state index in [9.17, 15) is 14.4 Å². The molecule has 2 saturated heterocycles. The van der Waals surface area contributed by atoms with Crippen molar-refractivity contribution in [1.29, 1.82) is 0 Å². The van der Waals surface area contributed by atoms with Crippen LogP contribution in [0.5, 0.6) is 11.5 Å². The number of benzene rings is 1. The molecule has 1 aromatic heterocycles. The molecule has 36 heavy (non-hydrogen) atoms. The summed E-state index contributed by atoms with van der Waals surface area (Å²) in [6.45, 7) is 2.36. The minimum atomic E-state index is -0.278. The number of carbonyl (C=O) groups is 3. The van der Waals surface area contributed by atoms with Crippen molar-refractivity contribution < 1.29 is 23.9 Å². The van der Waals surface area contributed by atoms with Crippen molar-refractivity contribution in [2.45, 2.75) is 25.7 Å². The molecule has 2 aromatic rings. The zero-order valence-electron chi connectivity index (χ0n) is 20.7. The molecule has 2 fully saturated rings. The van der Waals surface area contributed by atoms with Crippen molar-refractivity contribution in [1.82, 2.24) is 9.88 Å². The lowest BCUT2D eigenvalue weighted by Crippen LogP contribution is -2.41. The standard InChI is InChI=1S/C26H33N5O5/c1-35-21-12-19(13-22(14-21)36-2)26(34)30-10-7-17(8-11-30)25(33)29-20-5-6-23(28-15-20)31-9-3-4-18(16-31)24(27)32/h5-6,12-15,17-18H,3-4,7-11,16H2,1-2H3,(H2,27,32)(H,29,33). The molecule has 1 atom stereocenters. The summed E-state index contributed by atoms with van der Waals surface area (Å²) in [5.41, 5.74) is 6.59. The Hall–Kier alpha value is -3.82. The Kier molecular flexibility index (Phi) is 7.92. The maximum absolute atomic E-state index is 13.0. The van der Waals surface area contributed by atoms with Crippen molar-refractivity contribution in [3.05, 3.63) is 42.1 Å². The van der Waals surface area contributed by atoms with Gasteiger partial charge in [-0.05, 0) is 49.9 Å². The summed E-state index contributed by atoms with van der Waals surface area (Å²) in [5, 5.41) is 2.94. The molecule has 2 aliphatic heterocycles. The Morgan fingerprint density at radius 3 is 2.25 bits per heavy atom. The van der Waals surface area contributed by atoms with E-state index in [1.807, 2.05) is 12.1 Å². The number of nitrogens with one attached hydrogen (secondary N) is 1. The molecule has 0 spiro atoms. The van der Waals surface area contributed by atoms with Crippen LogP contribution in [-0.2, 0) is 9.59 Å². The van der Waals surface area contributed by atoms with Crippen molar-refractivity contribution in [3.8, 4) is 11.5 Å². The van der Waals surface area contributed by atoms with E-state index in [0.29, 0.717) is 55.2 Å². The molecular formula is C26H33N5O5. The van der Waals surface area contributed by atoms with E-state index in [1.165, 1.54) is 0 Å². The third-order valence-electron chi connectivity index (χ3n) is 6.91. The molecule has 10 nitrogen and oxygen atoms in total. The monoisotopic (exact) mass is 495 g/mol. The molecule has 1 unspecified atom stereocenters. The topological polar surface area (TPSA) is 127 Å². The number of hydrogen-bond acceptors (Lipinski definition) is 7. The second-order valence-corrected chi connectivity index (χ2v) is 9.25. The molecular weight excluding hydrogens is 462 g/mol. The minimum absolute atomic E-state index is 0.0773. The number of likely N-dealkylation sites (tertiary alicyclic amines) is 1. The number of piperidine rings is 2. The fourth-order valence-electron chi connectivity index (χ4n) is 4.77. The molecule has 0 radical (unpaired) electrons. The van der Waals surface area contributed by atoms with Crippen LogP contribution in [-0.4, -0.2) is 68.0 Å². The summed E-state index contributed by atoms with van der Waals surface area (Å²) in [5.74, 6) is 1.06. The van der Waals surface area contributed by atoms with Gasteiger partial charge in [-0.2, -0.15) is 0 Å². The number of ether oxygens (including phenoxy) is 2. The Morgan fingerprint density at radius 1 is 0.972 bits per heavy atom. The van der Waals surface area contributed by atoms with Gasteiger partial charge in [-0.3, -0.25) is 14.4 Å². The number of pyridine rings is 1. The Bertz CT molecular complexity index is 1080. The van der Waals surface area contributed by atoms with Crippen LogP contribution in [0, 0.1) is 11.8 Å². The van der Waals surface area contributed by atoms with E-state index in [2.05, 4.69) is 15.2 Å². The summed E-state index contributed by atoms with van der Waals surface area (Å²) in [6, 6.07) is 8.78. The lowest BCUT2D eigenvalue weighted by atomic mass is 9.95. The molecule has 192 valence electrons. The SMILES string of the molecule is COc1cc(OC)cc(C(=O)N2CCC(C(=O)Nc3ccc(N4CCCC(C(N)=O)C4)nc3)CC2)c1. The van der Waals surface area contributed by atoms with E-state index in [4.69, 9.17) is 15.2 Å². The predicted octanol–water partition coefficient (Wildman–Crippen LogP) is 2.29. The largest absolute Gasteiger partial charge is 0.497 e. The van der Waals surface area contributed by atoms with Crippen LogP contribution in [0.4, 0.5) is 11.5 Å². The van der Waals surface area contributed by atoms with Crippen molar-refractivity contribution in [2.24, 2.45) is 17.6 Å². The van der Waals surface area contributed by atoms with Crippen LogP contribution < -0.4 is 25.4 Å². The quantitative estimate of drug-likeness (QED) is 0.603. The van der Waals surface area contributed by atoms with Crippen LogP contribution >= 0.6 is 0 Å². The van der Waals surface area contributed by atoms with E-state index >= 15 is 0 Å². The Balaban J connectivity index is 1.30. The van der Waals surface area contributed by atoms with Gasteiger partial charge in [-0.15, -0.1) is 0 Å². The second-order valence-electron chi connectivity index (χ2n) is 9.25. The van der Waals surface area contributed by atoms with Gasteiger partial charge in [0, 0.05) is 43.7 Å². The number of nitrogens with zero attached hydrogens (tertiary/aromatic N) is 3. The van der Waals surface area contributed by atoms with Crippen LogP contribution in [0.15, 0.2) is 36.5 Å². The molecule has 4 rings (SSSR count). The first-order valence-corrected chi connectivity index (χ1v) is 12.2. The Morgan fingerprint density at radius 2 is 1.67 bits per heavy atom. The third-order valence-corrected chi connectivity index (χ3v) is 6.91. The van der Waals surface area contributed by atoms with Gasteiger partial charge in [-0.1, -0.05) is 0 Å². The summed E-state index contributed by atoms with van der Waals surface area (Å²) < 4.78 is 10.5. The van der Waals surface area contributed by atoms with Gasteiger partial charge >= 0.3 is 0 Å². The van der Waals surface area contributed by atoms with Gasteiger partial charge < -0.3 is 30.3 Å². The zero-order valence-corrected chi connectivity index (χ0v) is 20.7. The lowest BCUT2D eigenvalue weighted by Gasteiger charge is -2.32. The summed E-state index contributed by atoms with van der Waals surface area (Å²) in [6.07, 6.45) is 4.48. The highest BCUT2D eigenvalue weighted by Crippen LogP contribution is 2.27. The molecule has 1 aromatic carbocycles. The van der Waals surface area contributed by atoms with Crippen molar-refractivity contribution in [3.63, 3.8) is 0 Å². The third kappa shape index (κ3) is 5.87. The lowest BCUT2D eigenvalue weighted by molar-refractivity contribution is -0.122.